The first-order valence-electron chi connectivity index (χ1n) is 7.79. The number of rotatable bonds is 5. The lowest BCUT2D eigenvalue weighted by atomic mass is 10.0. The fraction of sp³-hybridized carbons (Fsp3) is 0.278. The molecule has 2 atom stereocenters. The molecule has 0 bridgehead atoms. The van der Waals surface area contributed by atoms with E-state index in [-0.39, 0.29) is 18.0 Å². The molecule has 2 unspecified atom stereocenters. The second-order valence-electron chi connectivity index (χ2n) is 5.63. The van der Waals surface area contributed by atoms with Gasteiger partial charge in [-0.05, 0) is 36.2 Å². The van der Waals surface area contributed by atoms with Gasteiger partial charge in [0.15, 0.2) is 0 Å². The Balaban J connectivity index is 1.63. The number of hydrogen-bond acceptors (Lipinski definition) is 5. The third kappa shape index (κ3) is 3.67. The van der Waals surface area contributed by atoms with E-state index in [4.69, 9.17) is 9.47 Å². The van der Waals surface area contributed by atoms with Crippen molar-refractivity contribution in [1.29, 1.82) is 0 Å². The molecular weight excluding hydrogens is 306 g/mol. The number of hydrazine groups is 1. The zero-order valence-electron chi connectivity index (χ0n) is 13.7. The first-order chi connectivity index (χ1) is 11.7. The molecule has 6 nitrogen and oxygen atoms in total. The van der Waals surface area contributed by atoms with E-state index in [9.17, 15) is 4.79 Å². The Labute approximate surface area is 141 Å². The van der Waals surface area contributed by atoms with Gasteiger partial charge < -0.3 is 14.8 Å². The van der Waals surface area contributed by atoms with Gasteiger partial charge in [0.25, 0.3) is 0 Å². The van der Waals surface area contributed by atoms with Crippen LogP contribution in [0, 0.1) is 0 Å². The Morgan fingerprint density at radius 1 is 1.04 bits per heavy atom. The first-order valence-corrected chi connectivity index (χ1v) is 7.79. The van der Waals surface area contributed by atoms with Gasteiger partial charge in [0.2, 0.25) is 5.91 Å². The molecule has 3 N–H and O–H groups in total. The van der Waals surface area contributed by atoms with Crippen LogP contribution in [0.3, 0.4) is 0 Å². The molecule has 2 aromatic rings. The van der Waals surface area contributed by atoms with Crippen molar-refractivity contribution >= 4 is 11.6 Å². The molecule has 0 aromatic heterocycles. The minimum atomic E-state index is -0.313. The topological polar surface area (TPSA) is 71.6 Å². The number of nitrogens with one attached hydrogen (secondary N) is 3. The van der Waals surface area contributed by atoms with Crippen molar-refractivity contribution in [1.82, 2.24) is 10.9 Å². The van der Waals surface area contributed by atoms with Crippen molar-refractivity contribution in [2.24, 2.45) is 0 Å². The Morgan fingerprint density at radius 3 is 2.50 bits per heavy atom. The van der Waals surface area contributed by atoms with Crippen LogP contribution in [0.1, 0.15) is 18.0 Å². The summed E-state index contributed by atoms with van der Waals surface area (Å²) in [6.45, 7) is 0. The predicted octanol–water partition coefficient (Wildman–Crippen LogP) is 2.25. The molecule has 1 aliphatic heterocycles. The average Bonchev–Trinajstić information content (AvgIpc) is 3.12. The van der Waals surface area contributed by atoms with E-state index >= 15 is 0 Å². The SMILES string of the molecule is COc1cccc(NC(=O)C2CC(c3cccc(OC)c3)NN2)c1. The second-order valence-corrected chi connectivity index (χ2v) is 5.63. The summed E-state index contributed by atoms with van der Waals surface area (Å²) < 4.78 is 10.4. The van der Waals surface area contributed by atoms with Gasteiger partial charge in [0, 0.05) is 17.8 Å². The van der Waals surface area contributed by atoms with E-state index in [2.05, 4.69) is 16.2 Å². The maximum atomic E-state index is 12.4. The second kappa shape index (κ2) is 7.33. The molecule has 6 heteroatoms. The van der Waals surface area contributed by atoms with Crippen LogP contribution < -0.4 is 25.6 Å². The number of amides is 1. The molecule has 24 heavy (non-hydrogen) atoms. The lowest BCUT2D eigenvalue weighted by Gasteiger charge is -2.12. The van der Waals surface area contributed by atoms with Crippen molar-refractivity contribution in [3.8, 4) is 11.5 Å². The van der Waals surface area contributed by atoms with Crippen LogP contribution in [0.2, 0.25) is 0 Å². The number of carbonyl (C=O) groups excluding carboxylic acids is 1. The van der Waals surface area contributed by atoms with Crippen molar-refractivity contribution in [2.45, 2.75) is 18.5 Å². The summed E-state index contributed by atoms with van der Waals surface area (Å²) >= 11 is 0. The molecule has 1 aliphatic rings. The largest absolute Gasteiger partial charge is 0.497 e. The first kappa shape index (κ1) is 16.3. The molecule has 1 heterocycles. The van der Waals surface area contributed by atoms with Gasteiger partial charge in [-0.25, -0.2) is 10.9 Å². The van der Waals surface area contributed by atoms with E-state index in [0.29, 0.717) is 17.9 Å². The number of ether oxygens (including phenoxy) is 2. The zero-order valence-corrected chi connectivity index (χ0v) is 13.7. The third-order valence-corrected chi connectivity index (χ3v) is 4.05. The predicted molar refractivity (Wildman–Crippen MR) is 92.0 cm³/mol. The molecule has 1 fully saturated rings. The van der Waals surface area contributed by atoms with E-state index in [0.717, 1.165) is 11.3 Å². The van der Waals surface area contributed by atoms with E-state index in [1.54, 1.807) is 20.3 Å². The highest BCUT2D eigenvalue weighted by atomic mass is 16.5. The van der Waals surface area contributed by atoms with Crippen molar-refractivity contribution < 1.29 is 14.3 Å². The standard InChI is InChI=1S/C18H21N3O3/c1-23-14-7-3-5-12(9-14)16-11-17(21-20-16)18(22)19-13-6-4-8-15(10-13)24-2/h3-10,16-17,20-21H,11H2,1-2H3,(H,19,22). The fourth-order valence-corrected chi connectivity index (χ4v) is 2.74. The van der Waals surface area contributed by atoms with Gasteiger partial charge in [-0.3, -0.25) is 4.79 Å². The van der Waals surface area contributed by atoms with Gasteiger partial charge in [-0.1, -0.05) is 18.2 Å². The van der Waals surface area contributed by atoms with Crippen molar-refractivity contribution in [3.05, 3.63) is 54.1 Å². The number of methoxy groups -OCH3 is 2. The number of carbonyl (C=O) groups is 1. The highest BCUT2D eigenvalue weighted by Gasteiger charge is 2.30. The molecule has 1 amide bonds. The quantitative estimate of drug-likeness (QED) is 0.786. The Hall–Kier alpha value is -2.57. The molecule has 0 saturated carbocycles. The summed E-state index contributed by atoms with van der Waals surface area (Å²) in [6.07, 6.45) is 0.656. The van der Waals surface area contributed by atoms with Crippen LogP contribution in [0.15, 0.2) is 48.5 Å². The van der Waals surface area contributed by atoms with Crippen molar-refractivity contribution in [2.75, 3.05) is 19.5 Å². The molecular formula is C18H21N3O3. The van der Waals surface area contributed by atoms with E-state index in [1.807, 2.05) is 42.5 Å². The average molecular weight is 327 g/mol. The van der Waals surface area contributed by atoms with Crippen LogP contribution in [0.25, 0.3) is 0 Å². The minimum absolute atomic E-state index is 0.0566. The lowest BCUT2D eigenvalue weighted by Crippen LogP contribution is -2.39. The van der Waals surface area contributed by atoms with Crippen molar-refractivity contribution in [3.63, 3.8) is 0 Å². The number of anilines is 1. The maximum Gasteiger partial charge on any atom is 0.242 e. The third-order valence-electron chi connectivity index (χ3n) is 4.05. The molecule has 0 spiro atoms. The Kier molecular flexibility index (Phi) is 4.98. The monoisotopic (exact) mass is 327 g/mol. The van der Waals surface area contributed by atoms with E-state index < -0.39 is 0 Å². The van der Waals surface area contributed by atoms with Gasteiger partial charge in [0.05, 0.1) is 14.2 Å². The highest BCUT2D eigenvalue weighted by molar-refractivity contribution is 5.95. The van der Waals surface area contributed by atoms with Gasteiger partial charge in [0.1, 0.15) is 17.5 Å². The molecule has 1 saturated heterocycles. The summed E-state index contributed by atoms with van der Waals surface area (Å²) in [5, 5.41) is 2.91. The van der Waals surface area contributed by atoms with Gasteiger partial charge in [-0.15, -0.1) is 0 Å². The van der Waals surface area contributed by atoms with Crippen LogP contribution in [-0.2, 0) is 4.79 Å². The minimum Gasteiger partial charge on any atom is -0.497 e. The summed E-state index contributed by atoms with van der Waals surface area (Å²) in [4.78, 5) is 12.4. The summed E-state index contributed by atoms with van der Waals surface area (Å²) in [7, 11) is 3.24. The van der Waals surface area contributed by atoms with Crippen LogP contribution in [-0.4, -0.2) is 26.2 Å². The molecule has 126 valence electrons. The van der Waals surface area contributed by atoms with Crippen LogP contribution in [0.5, 0.6) is 11.5 Å². The molecule has 0 aliphatic carbocycles. The number of hydrogen-bond donors (Lipinski definition) is 3. The van der Waals surface area contributed by atoms with Gasteiger partial charge in [-0.2, -0.15) is 0 Å². The maximum absolute atomic E-state index is 12.4. The lowest BCUT2D eigenvalue weighted by molar-refractivity contribution is -0.117. The summed E-state index contributed by atoms with van der Waals surface area (Å²) in [6, 6.07) is 14.9. The van der Waals surface area contributed by atoms with Gasteiger partial charge >= 0.3 is 0 Å². The summed E-state index contributed by atoms with van der Waals surface area (Å²) in [5.41, 5.74) is 8.03. The van der Waals surface area contributed by atoms with Crippen LogP contribution in [0.4, 0.5) is 5.69 Å². The highest BCUT2D eigenvalue weighted by Crippen LogP contribution is 2.26. The molecule has 0 radical (unpaired) electrons. The van der Waals surface area contributed by atoms with E-state index in [1.165, 1.54) is 0 Å². The zero-order chi connectivity index (χ0) is 16.9. The summed E-state index contributed by atoms with van der Waals surface area (Å²) in [5.74, 6) is 1.43. The number of benzene rings is 2. The fourth-order valence-electron chi connectivity index (χ4n) is 2.74. The van der Waals surface area contributed by atoms with Crippen LogP contribution >= 0.6 is 0 Å². The molecule has 3 rings (SSSR count). The smallest absolute Gasteiger partial charge is 0.242 e. The molecule has 2 aromatic carbocycles. The normalized spacial score (nSPS) is 19.8. The Bertz CT molecular complexity index is 720. The Morgan fingerprint density at radius 2 is 1.75 bits per heavy atom.